The Morgan fingerprint density at radius 2 is 1.79 bits per heavy atom. The Morgan fingerprint density at radius 1 is 0.939 bits per heavy atom. The van der Waals surface area contributed by atoms with Crippen molar-refractivity contribution in [3.8, 4) is 0 Å². The molecule has 4 aliphatic rings. The van der Waals surface area contributed by atoms with Crippen molar-refractivity contribution in [2.45, 2.75) is 81.1 Å². The van der Waals surface area contributed by atoms with E-state index in [-0.39, 0.29) is 11.0 Å². The molecule has 3 heterocycles. The van der Waals surface area contributed by atoms with E-state index in [0.29, 0.717) is 17.0 Å². The van der Waals surface area contributed by atoms with Crippen LogP contribution in [0.2, 0.25) is 5.15 Å². The third-order valence-corrected chi connectivity index (χ3v) is 9.94. The normalized spacial score (nSPS) is 34.9. The van der Waals surface area contributed by atoms with Gasteiger partial charge in [-0.1, -0.05) is 67.3 Å². The molecular weight excluding hydrogens is 426 g/mol. The van der Waals surface area contributed by atoms with E-state index in [1.807, 2.05) is 6.07 Å². The Kier molecular flexibility index (Phi) is 6.01. The first-order valence-electron chi connectivity index (χ1n) is 13.4. The number of benzene rings is 1. The zero-order chi connectivity index (χ0) is 22.3. The topological polar surface area (TPSA) is 37.0 Å². The van der Waals surface area contributed by atoms with Gasteiger partial charge in [-0.2, -0.15) is 0 Å². The minimum absolute atomic E-state index is 0.175. The number of hydrogen-bond acceptors (Lipinski definition) is 3. The molecule has 1 aromatic carbocycles. The molecule has 0 bridgehead atoms. The second-order valence-corrected chi connectivity index (χ2v) is 11.6. The van der Waals surface area contributed by atoms with Crippen LogP contribution in [-0.2, 0) is 11.8 Å². The second kappa shape index (κ2) is 8.98. The lowest BCUT2D eigenvalue weighted by molar-refractivity contribution is 0.0278. The van der Waals surface area contributed by atoms with E-state index < -0.39 is 0 Å². The molecule has 1 saturated carbocycles. The first-order valence-corrected chi connectivity index (χ1v) is 13.8. The second-order valence-electron chi connectivity index (χ2n) is 11.2. The summed E-state index contributed by atoms with van der Waals surface area (Å²) in [6.07, 6.45) is 13.0. The molecule has 2 aliphatic heterocycles. The maximum atomic E-state index is 6.35. The lowest BCUT2D eigenvalue weighted by Gasteiger charge is -2.57. The van der Waals surface area contributed by atoms with Crippen molar-refractivity contribution < 1.29 is 0 Å². The number of aromatic nitrogens is 1. The average molecular weight is 464 g/mol. The van der Waals surface area contributed by atoms with Gasteiger partial charge in [-0.15, -0.1) is 0 Å². The van der Waals surface area contributed by atoms with E-state index in [4.69, 9.17) is 16.6 Å². The molecule has 2 aliphatic carbocycles. The smallest absolute Gasteiger partial charge is 0.129 e. The first-order chi connectivity index (χ1) is 16.2. The van der Waals surface area contributed by atoms with Gasteiger partial charge in [-0.25, -0.2) is 4.98 Å². The maximum absolute atomic E-state index is 6.35. The van der Waals surface area contributed by atoms with E-state index in [1.165, 1.54) is 74.6 Å². The quantitative estimate of drug-likeness (QED) is 0.547. The fourth-order valence-corrected chi connectivity index (χ4v) is 8.52. The standard InChI is InChI=1S/C29H38ClN3/c30-27-14-13-24-25(33-27)12-7-16-28(24)20-31-19-26(28)29(23-10-5-2-6-11-23)18-22(15-17-32-29)21-8-3-1-4-9-21/h1,3-4,8-9,13-14,22-23,26,31-32H,2,5-7,10-12,15-20H2/t22-,26+,28-,29+/m0/s1. The summed E-state index contributed by atoms with van der Waals surface area (Å²) < 4.78 is 0. The molecule has 0 unspecified atom stereocenters. The van der Waals surface area contributed by atoms with Crippen molar-refractivity contribution in [1.82, 2.24) is 15.6 Å². The third-order valence-electron chi connectivity index (χ3n) is 9.73. The number of piperidine rings is 1. The Bertz CT molecular complexity index is 972. The Labute approximate surface area is 204 Å². The van der Waals surface area contributed by atoms with Crippen molar-refractivity contribution in [3.05, 3.63) is 64.4 Å². The summed E-state index contributed by atoms with van der Waals surface area (Å²) in [5.41, 5.74) is 4.66. The number of halogens is 1. The fourth-order valence-electron chi connectivity index (χ4n) is 8.35. The molecular formula is C29H38ClN3. The SMILES string of the molecule is Clc1ccc2c(n1)CCC[C@]21CNC[C@H]1[C@]1(C2CCCCC2)C[C@@H](c2ccccc2)CCN1. The molecule has 4 atom stereocenters. The highest BCUT2D eigenvalue weighted by Gasteiger charge is 2.59. The number of nitrogens with one attached hydrogen (secondary N) is 2. The van der Waals surface area contributed by atoms with Gasteiger partial charge in [0.25, 0.3) is 0 Å². The number of rotatable bonds is 3. The van der Waals surface area contributed by atoms with Crippen molar-refractivity contribution >= 4 is 11.6 Å². The van der Waals surface area contributed by atoms with E-state index >= 15 is 0 Å². The average Bonchev–Trinajstić information content (AvgIpc) is 3.29. The molecule has 2 N–H and O–H groups in total. The summed E-state index contributed by atoms with van der Waals surface area (Å²) in [6, 6.07) is 15.7. The largest absolute Gasteiger partial charge is 0.315 e. The fraction of sp³-hybridized carbons (Fsp3) is 0.621. The zero-order valence-electron chi connectivity index (χ0n) is 19.8. The highest BCUT2D eigenvalue weighted by Crippen LogP contribution is 2.55. The van der Waals surface area contributed by atoms with Crippen molar-refractivity contribution in [3.63, 3.8) is 0 Å². The van der Waals surface area contributed by atoms with Gasteiger partial charge in [0.2, 0.25) is 0 Å². The summed E-state index contributed by atoms with van der Waals surface area (Å²) in [5, 5.41) is 8.82. The monoisotopic (exact) mass is 463 g/mol. The lowest BCUT2D eigenvalue weighted by atomic mass is 9.53. The number of pyridine rings is 1. The van der Waals surface area contributed by atoms with Gasteiger partial charge in [0, 0.05) is 35.7 Å². The van der Waals surface area contributed by atoms with Crippen LogP contribution in [0.1, 0.15) is 80.5 Å². The zero-order valence-corrected chi connectivity index (χ0v) is 20.5. The molecule has 2 aromatic rings. The molecule has 0 amide bonds. The van der Waals surface area contributed by atoms with Gasteiger partial charge in [-0.05, 0) is 80.5 Å². The molecule has 0 radical (unpaired) electrons. The molecule has 176 valence electrons. The molecule has 6 rings (SSSR count). The summed E-state index contributed by atoms with van der Waals surface area (Å²) in [4.78, 5) is 4.83. The molecule has 2 saturated heterocycles. The number of fused-ring (bicyclic) bond motifs is 2. The van der Waals surface area contributed by atoms with E-state index in [9.17, 15) is 0 Å². The van der Waals surface area contributed by atoms with Gasteiger partial charge in [0.15, 0.2) is 0 Å². The van der Waals surface area contributed by atoms with Gasteiger partial charge >= 0.3 is 0 Å². The third kappa shape index (κ3) is 3.75. The van der Waals surface area contributed by atoms with Crippen LogP contribution in [0.4, 0.5) is 0 Å². The summed E-state index contributed by atoms with van der Waals surface area (Å²) in [6.45, 7) is 3.33. The molecule has 1 aromatic heterocycles. The summed E-state index contributed by atoms with van der Waals surface area (Å²) in [5.74, 6) is 2.02. The van der Waals surface area contributed by atoms with Crippen LogP contribution >= 0.6 is 11.6 Å². The highest BCUT2D eigenvalue weighted by atomic mass is 35.5. The van der Waals surface area contributed by atoms with Crippen LogP contribution in [0, 0.1) is 11.8 Å². The summed E-state index contributed by atoms with van der Waals surface area (Å²) >= 11 is 6.35. The van der Waals surface area contributed by atoms with Crippen LogP contribution in [0.5, 0.6) is 0 Å². The molecule has 3 nitrogen and oxygen atoms in total. The van der Waals surface area contributed by atoms with Crippen LogP contribution in [0.25, 0.3) is 0 Å². The Hall–Kier alpha value is -1.42. The first kappa shape index (κ1) is 22.1. The van der Waals surface area contributed by atoms with Crippen molar-refractivity contribution in [2.75, 3.05) is 19.6 Å². The maximum Gasteiger partial charge on any atom is 0.129 e. The van der Waals surface area contributed by atoms with Crippen molar-refractivity contribution in [1.29, 1.82) is 0 Å². The minimum atomic E-state index is 0.175. The molecule has 3 fully saturated rings. The Morgan fingerprint density at radius 3 is 2.64 bits per heavy atom. The number of aryl methyl sites for hydroxylation is 1. The predicted molar refractivity (Wildman–Crippen MR) is 136 cm³/mol. The Balaban J connectivity index is 1.44. The lowest BCUT2D eigenvalue weighted by Crippen LogP contribution is -2.65. The number of hydrogen-bond donors (Lipinski definition) is 2. The van der Waals surface area contributed by atoms with Gasteiger partial charge < -0.3 is 10.6 Å². The van der Waals surface area contributed by atoms with E-state index in [2.05, 4.69) is 47.0 Å². The summed E-state index contributed by atoms with van der Waals surface area (Å²) in [7, 11) is 0. The molecule has 33 heavy (non-hydrogen) atoms. The van der Waals surface area contributed by atoms with Gasteiger partial charge in [-0.3, -0.25) is 0 Å². The molecule has 4 heteroatoms. The highest BCUT2D eigenvalue weighted by molar-refractivity contribution is 6.29. The van der Waals surface area contributed by atoms with Gasteiger partial charge in [0.1, 0.15) is 5.15 Å². The van der Waals surface area contributed by atoms with Crippen LogP contribution < -0.4 is 10.6 Å². The minimum Gasteiger partial charge on any atom is -0.315 e. The van der Waals surface area contributed by atoms with Crippen LogP contribution in [0.15, 0.2) is 42.5 Å². The van der Waals surface area contributed by atoms with Crippen LogP contribution in [-0.4, -0.2) is 30.2 Å². The van der Waals surface area contributed by atoms with Crippen LogP contribution in [0.3, 0.4) is 0 Å². The number of nitrogens with zero attached hydrogens (tertiary/aromatic N) is 1. The predicted octanol–water partition coefficient (Wildman–Crippen LogP) is 6.01. The van der Waals surface area contributed by atoms with Crippen molar-refractivity contribution in [2.24, 2.45) is 11.8 Å². The van der Waals surface area contributed by atoms with E-state index in [1.54, 1.807) is 0 Å². The van der Waals surface area contributed by atoms with Gasteiger partial charge in [0.05, 0.1) is 0 Å². The molecule has 1 spiro atoms. The van der Waals surface area contributed by atoms with E-state index in [0.717, 1.165) is 32.0 Å².